The largest absolute Gasteiger partial charge is 0.383 e. The lowest BCUT2D eigenvalue weighted by Gasteiger charge is -2.23. The second-order valence-electron chi connectivity index (χ2n) is 4.75. The van der Waals surface area contributed by atoms with Crippen LogP contribution in [0.25, 0.3) is 0 Å². The predicted molar refractivity (Wildman–Crippen MR) is 72.9 cm³/mol. The van der Waals surface area contributed by atoms with Gasteiger partial charge in [-0.2, -0.15) is 0 Å². The van der Waals surface area contributed by atoms with Crippen molar-refractivity contribution in [3.05, 3.63) is 12.4 Å². The first-order valence-corrected chi connectivity index (χ1v) is 6.83. The molecule has 0 amide bonds. The molecule has 1 N–H and O–H groups in total. The van der Waals surface area contributed by atoms with E-state index in [1.54, 1.807) is 7.11 Å². The Bertz CT molecular complexity index is 353. The fourth-order valence-electron chi connectivity index (χ4n) is 2.63. The summed E-state index contributed by atoms with van der Waals surface area (Å²) in [6.07, 6.45) is 6.53. The lowest BCUT2D eigenvalue weighted by molar-refractivity contribution is 0.210. The van der Waals surface area contributed by atoms with E-state index < -0.39 is 0 Å². The topological polar surface area (TPSA) is 42.3 Å². The molecule has 1 atom stereocenters. The maximum atomic E-state index is 5.04. The molecule has 0 radical (unpaired) electrons. The SMILES string of the molecule is CCN1CCCC1Cn1ccnc1NCCOC. The monoisotopic (exact) mass is 252 g/mol. The van der Waals surface area contributed by atoms with Crippen molar-refractivity contribution in [2.75, 3.05) is 38.7 Å². The average Bonchev–Trinajstić information content (AvgIpc) is 3.00. The number of likely N-dealkylation sites (tertiary alicyclic amines) is 1. The molecule has 102 valence electrons. The van der Waals surface area contributed by atoms with E-state index in [4.69, 9.17) is 4.74 Å². The van der Waals surface area contributed by atoms with E-state index >= 15 is 0 Å². The Balaban J connectivity index is 1.90. The fourth-order valence-corrected chi connectivity index (χ4v) is 2.63. The number of ether oxygens (including phenoxy) is 1. The van der Waals surface area contributed by atoms with Gasteiger partial charge >= 0.3 is 0 Å². The summed E-state index contributed by atoms with van der Waals surface area (Å²) in [5.41, 5.74) is 0. The van der Waals surface area contributed by atoms with Gasteiger partial charge in [0.15, 0.2) is 0 Å². The highest BCUT2D eigenvalue weighted by Crippen LogP contribution is 2.19. The summed E-state index contributed by atoms with van der Waals surface area (Å²) < 4.78 is 7.26. The highest BCUT2D eigenvalue weighted by molar-refractivity contribution is 5.25. The van der Waals surface area contributed by atoms with Crippen LogP contribution in [0.1, 0.15) is 19.8 Å². The number of nitrogens with one attached hydrogen (secondary N) is 1. The number of anilines is 1. The normalized spacial score (nSPS) is 20.4. The van der Waals surface area contributed by atoms with E-state index in [-0.39, 0.29) is 0 Å². The third-order valence-electron chi connectivity index (χ3n) is 3.62. The zero-order chi connectivity index (χ0) is 12.8. The Kier molecular flexibility index (Phi) is 5.01. The molecule has 0 aromatic carbocycles. The Hall–Kier alpha value is -1.07. The first-order chi connectivity index (χ1) is 8.85. The van der Waals surface area contributed by atoms with Crippen molar-refractivity contribution >= 4 is 5.95 Å². The number of likely N-dealkylation sites (N-methyl/N-ethyl adjacent to an activating group) is 1. The summed E-state index contributed by atoms with van der Waals surface area (Å²) in [4.78, 5) is 6.91. The molecule has 18 heavy (non-hydrogen) atoms. The molecule has 0 saturated carbocycles. The molecular formula is C13H24N4O. The van der Waals surface area contributed by atoms with Crippen LogP contribution in [-0.2, 0) is 11.3 Å². The van der Waals surface area contributed by atoms with Crippen molar-refractivity contribution in [2.45, 2.75) is 32.4 Å². The van der Waals surface area contributed by atoms with Crippen LogP contribution in [-0.4, -0.2) is 53.8 Å². The molecule has 5 heteroatoms. The summed E-state index contributed by atoms with van der Waals surface area (Å²) in [6.45, 7) is 7.16. The van der Waals surface area contributed by atoms with Crippen molar-refractivity contribution < 1.29 is 4.74 Å². The number of hydrogen-bond acceptors (Lipinski definition) is 4. The molecule has 1 aliphatic heterocycles. The summed E-state index contributed by atoms with van der Waals surface area (Å²) in [6, 6.07) is 0.659. The Morgan fingerprint density at radius 3 is 3.22 bits per heavy atom. The van der Waals surface area contributed by atoms with Crippen LogP contribution in [0.2, 0.25) is 0 Å². The van der Waals surface area contributed by atoms with Crippen molar-refractivity contribution in [1.82, 2.24) is 14.5 Å². The lowest BCUT2D eigenvalue weighted by atomic mass is 10.2. The number of nitrogens with zero attached hydrogens (tertiary/aromatic N) is 3. The van der Waals surface area contributed by atoms with Gasteiger partial charge in [-0.1, -0.05) is 6.92 Å². The zero-order valence-corrected chi connectivity index (χ0v) is 11.4. The van der Waals surface area contributed by atoms with Crippen LogP contribution in [0.3, 0.4) is 0 Å². The average molecular weight is 252 g/mol. The zero-order valence-electron chi connectivity index (χ0n) is 11.4. The highest BCUT2D eigenvalue weighted by Gasteiger charge is 2.23. The third-order valence-corrected chi connectivity index (χ3v) is 3.62. The molecule has 1 unspecified atom stereocenters. The minimum atomic E-state index is 0.659. The van der Waals surface area contributed by atoms with Crippen molar-refractivity contribution in [3.8, 4) is 0 Å². The molecule has 1 aliphatic rings. The molecule has 2 heterocycles. The molecule has 5 nitrogen and oxygen atoms in total. The maximum Gasteiger partial charge on any atom is 0.202 e. The number of methoxy groups -OCH3 is 1. The summed E-state index contributed by atoms with van der Waals surface area (Å²) in [5, 5.41) is 3.31. The maximum absolute atomic E-state index is 5.04. The van der Waals surface area contributed by atoms with Crippen molar-refractivity contribution in [3.63, 3.8) is 0 Å². The van der Waals surface area contributed by atoms with E-state index in [2.05, 4.69) is 32.9 Å². The number of imidazole rings is 1. The lowest BCUT2D eigenvalue weighted by Crippen LogP contribution is -2.33. The summed E-state index contributed by atoms with van der Waals surface area (Å²) in [7, 11) is 1.71. The van der Waals surface area contributed by atoms with Gasteiger partial charge in [-0.3, -0.25) is 4.90 Å². The van der Waals surface area contributed by atoms with Crippen molar-refractivity contribution in [1.29, 1.82) is 0 Å². The quantitative estimate of drug-likeness (QED) is 0.745. The van der Waals surface area contributed by atoms with Crippen LogP contribution < -0.4 is 5.32 Å². The molecule has 2 rings (SSSR count). The minimum Gasteiger partial charge on any atom is -0.383 e. The van der Waals surface area contributed by atoms with E-state index in [0.717, 1.165) is 25.6 Å². The number of aromatic nitrogens is 2. The fraction of sp³-hybridized carbons (Fsp3) is 0.769. The molecular weight excluding hydrogens is 228 g/mol. The Morgan fingerprint density at radius 2 is 2.44 bits per heavy atom. The van der Waals surface area contributed by atoms with Crippen LogP contribution >= 0.6 is 0 Å². The molecule has 1 saturated heterocycles. The van der Waals surface area contributed by atoms with Crippen LogP contribution in [0.15, 0.2) is 12.4 Å². The van der Waals surface area contributed by atoms with Crippen LogP contribution in [0, 0.1) is 0 Å². The van der Waals surface area contributed by atoms with Gasteiger partial charge in [0.2, 0.25) is 5.95 Å². The van der Waals surface area contributed by atoms with E-state index in [0.29, 0.717) is 12.6 Å². The molecule has 1 aromatic heterocycles. The van der Waals surface area contributed by atoms with Gasteiger partial charge in [0.1, 0.15) is 0 Å². The second kappa shape index (κ2) is 6.75. The highest BCUT2D eigenvalue weighted by atomic mass is 16.5. The van der Waals surface area contributed by atoms with Gasteiger partial charge < -0.3 is 14.6 Å². The van der Waals surface area contributed by atoms with Gasteiger partial charge in [-0.15, -0.1) is 0 Å². The third kappa shape index (κ3) is 3.23. The Labute approximate surface area is 109 Å². The second-order valence-corrected chi connectivity index (χ2v) is 4.75. The van der Waals surface area contributed by atoms with E-state index in [1.165, 1.54) is 19.4 Å². The van der Waals surface area contributed by atoms with Gasteiger partial charge in [-0.05, 0) is 25.9 Å². The van der Waals surface area contributed by atoms with Crippen LogP contribution in [0.5, 0.6) is 0 Å². The van der Waals surface area contributed by atoms with Gasteiger partial charge in [0.05, 0.1) is 6.61 Å². The van der Waals surface area contributed by atoms with E-state index in [1.807, 2.05) is 6.20 Å². The van der Waals surface area contributed by atoms with Gasteiger partial charge in [-0.25, -0.2) is 4.98 Å². The predicted octanol–water partition coefficient (Wildman–Crippen LogP) is 1.43. The molecule has 0 spiro atoms. The molecule has 0 bridgehead atoms. The van der Waals surface area contributed by atoms with Gasteiger partial charge in [0, 0.05) is 38.6 Å². The Morgan fingerprint density at radius 1 is 1.56 bits per heavy atom. The summed E-state index contributed by atoms with van der Waals surface area (Å²) >= 11 is 0. The number of rotatable bonds is 7. The first-order valence-electron chi connectivity index (χ1n) is 6.83. The van der Waals surface area contributed by atoms with Crippen LogP contribution in [0.4, 0.5) is 5.95 Å². The van der Waals surface area contributed by atoms with E-state index in [9.17, 15) is 0 Å². The molecule has 0 aliphatic carbocycles. The minimum absolute atomic E-state index is 0.659. The molecule has 1 fully saturated rings. The summed E-state index contributed by atoms with van der Waals surface area (Å²) in [5.74, 6) is 0.954. The first kappa shape index (κ1) is 13.4. The smallest absolute Gasteiger partial charge is 0.202 e. The number of hydrogen-bond donors (Lipinski definition) is 1. The van der Waals surface area contributed by atoms with Gasteiger partial charge in [0.25, 0.3) is 0 Å². The molecule has 1 aromatic rings. The standard InChI is InChI=1S/C13H24N4O/c1-3-16-8-4-5-12(16)11-17-9-6-14-13(17)15-7-10-18-2/h6,9,12H,3-5,7-8,10-11H2,1-2H3,(H,14,15). The van der Waals surface area contributed by atoms with Crippen molar-refractivity contribution in [2.24, 2.45) is 0 Å².